The van der Waals surface area contributed by atoms with Gasteiger partial charge in [0.2, 0.25) is 11.8 Å². The predicted molar refractivity (Wildman–Crippen MR) is 79.2 cm³/mol. The number of hydrogen-bond donors (Lipinski definition) is 1. The highest BCUT2D eigenvalue weighted by atomic mass is 16.2. The van der Waals surface area contributed by atoms with Gasteiger partial charge in [0.1, 0.15) is 5.41 Å². The lowest BCUT2D eigenvalue weighted by atomic mass is 9.95. The second-order valence-corrected chi connectivity index (χ2v) is 7.34. The van der Waals surface area contributed by atoms with Crippen LogP contribution in [0.5, 0.6) is 0 Å². The molecule has 1 aliphatic heterocycles. The van der Waals surface area contributed by atoms with Gasteiger partial charge in [-0.25, -0.2) is 0 Å². The van der Waals surface area contributed by atoms with Crippen molar-refractivity contribution in [2.45, 2.75) is 77.8 Å². The van der Waals surface area contributed by atoms with Gasteiger partial charge >= 0.3 is 0 Å². The largest absolute Gasteiger partial charge is 0.351 e. The summed E-state index contributed by atoms with van der Waals surface area (Å²) in [5.41, 5.74) is -1.03. The Kier molecular flexibility index (Phi) is 4.12. The lowest BCUT2D eigenvalue weighted by Crippen LogP contribution is -2.53. The summed E-state index contributed by atoms with van der Waals surface area (Å²) in [7, 11) is 0. The molecule has 0 aromatic heterocycles. The van der Waals surface area contributed by atoms with Crippen molar-refractivity contribution in [2.75, 3.05) is 6.54 Å². The molecule has 1 aliphatic carbocycles. The summed E-state index contributed by atoms with van der Waals surface area (Å²) < 4.78 is 0. The first-order valence-electron chi connectivity index (χ1n) is 7.94. The molecule has 0 aromatic carbocycles. The number of nitrogens with zero attached hydrogens (tertiary/aromatic N) is 1. The van der Waals surface area contributed by atoms with Gasteiger partial charge in [-0.1, -0.05) is 6.92 Å². The number of hydrogen-bond acceptors (Lipinski definition) is 2. The number of likely N-dealkylation sites (tertiary alicyclic amines) is 1. The molecule has 1 saturated carbocycles. The van der Waals surface area contributed by atoms with Gasteiger partial charge in [-0.05, 0) is 59.3 Å². The van der Waals surface area contributed by atoms with Crippen molar-refractivity contribution in [1.82, 2.24) is 10.2 Å². The van der Waals surface area contributed by atoms with Gasteiger partial charge in [0.05, 0.1) is 0 Å². The number of piperidine rings is 1. The van der Waals surface area contributed by atoms with Crippen LogP contribution in [0.2, 0.25) is 0 Å². The minimum absolute atomic E-state index is 0.0737. The molecule has 0 spiro atoms. The fourth-order valence-electron chi connectivity index (χ4n) is 3.09. The Morgan fingerprint density at radius 1 is 1.25 bits per heavy atom. The molecule has 4 heteroatoms. The van der Waals surface area contributed by atoms with Crippen LogP contribution in [0.4, 0.5) is 0 Å². The molecule has 20 heavy (non-hydrogen) atoms. The van der Waals surface area contributed by atoms with E-state index in [2.05, 4.69) is 12.2 Å². The Balaban J connectivity index is 2.09. The van der Waals surface area contributed by atoms with E-state index in [9.17, 15) is 9.59 Å². The summed E-state index contributed by atoms with van der Waals surface area (Å²) in [4.78, 5) is 27.3. The third-order valence-electron chi connectivity index (χ3n) is 4.44. The Morgan fingerprint density at radius 3 is 2.40 bits per heavy atom. The number of carbonyl (C=O) groups is 2. The summed E-state index contributed by atoms with van der Waals surface area (Å²) in [6.07, 6.45) is 5.76. The monoisotopic (exact) mass is 280 g/mol. The molecule has 114 valence electrons. The van der Waals surface area contributed by atoms with Gasteiger partial charge in [0.25, 0.3) is 0 Å². The van der Waals surface area contributed by atoms with E-state index in [1.54, 1.807) is 0 Å². The molecule has 1 unspecified atom stereocenters. The van der Waals surface area contributed by atoms with E-state index in [0.29, 0.717) is 18.9 Å². The average Bonchev–Trinajstić information content (AvgIpc) is 3.17. The second kappa shape index (κ2) is 5.38. The van der Waals surface area contributed by atoms with E-state index < -0.39 is 5.41 Å². The highest BCUT2D eigenvalue weighted by molar-refractivity contribution is 6.08. The zero-order chi connectivity index (χ0) is 15.0. The molecule has 0 bridgehead atoms. The van der Waals surface area contributed by atoms with Crippen LogP contribution in [-0.2, 0) is 9.59 Å². The van der Waals surface area contributed by atoms with Crippen LogP contribution >= 0.6 is 0 Å². The molecule has 1 atom stereocenters. The number of nitrogens with one attached hydrogen (secondary N) is 1. The normalized spacial score (nSPS) is 25.2. The average molecular weight is 280 g/mol. The molecule has 1 heterocycles. The molecule has 2 fully saturated rings. The second-order valence-electron chi connectivity index (χ2n) is 7.34. The van der Waals surface area contributed by atoms with Gasteiger partial charge in [-0.2, -0.15) is 0 Å². The Morgan fingerprint density at radius 2 is 1.90 bits per heavy atom. The molecule has 4 nitrogen and oxygen atoms in total. The molecule has 1 saturated heterocycles. The van der Waals surface area contributed by atoms with Crippen molar-refractivity contribution in [3.8, 4) is 0 Å². The third kappa shape index (κ3) is 2.99. The van der Waals surface area contributed by atoms with Crippen molar-refractivity contribution in [3.63, 3.8) is 0 Å². The van der Waals surface area contributed by atoms with Gasteiger partial charge in [0, 0.05) is 18.1 Å². The Hall–Kier alpha value is -1.06. The summed E-state index contributed by atoms with van der Waals surface area (Å²) in [6.45, 7) is 8.83. The number of amides is 2. The van der Waals surface area contributed by atoms with E-state index >= 15 is 0 Å². The van der Waals surface area contributed by atoms with Crippen LogP contribution in [0.25, 0.3) is 0 Å². The zero-order valence-electron chi connectivity index (χ0n) is 13.3. The first-order chi connectivity index (χ1) is 9.30. The fourth-order valence-corrected chi connectivity index (χ4v) is 3.09. The highest BCUT2D eigenvalue weighted by Gasteiger charge is 2.59. The standard InChI is InChI=1S/C16H28N2O2/c1-5-12-8-6-7-11-18(12)14(20)16(9-10-16)13(19)17-15(2,3)4/h12H,5-11H2,1-4H3,(H,17,19). The molecular formula is C16H28N2O2. The molecule has 2 amide bonds. The van der Waals surface area contributed by atoms with Crippen LogP contribution in [0.3, 0.4) is 0 Å². The summed E-state index contributed by atoms with van der Waals surface area (Å²) in [5, 5.41) is 2.99. The van der Waals surface area contributed by atoms with Gasteiger partial charge in [-0.3, -0.25) is 9.59 Å². The Bertz CT molecular complexity index is 394. The number of rotatable bonds is 3. The van der Waals surface area contributed by atoms with Gasteiger partial charge in [-0.15, -0.1) is 0 Å². The molecule has 0 aromatic rings. The molecule has 2 aliphatic rings. The van der Waals surface area contributed by atoms with Crippen molar-refractivity contribution >= 4 is 11.8 Å². The molecular weight excluding hydrogens is 252 g/mol. The van der Waals surface area contributed by atoms with Crippen LogP contribution in [-0.4, -0.2) is 34.8 Å². The van der Waals surface area contributed by atoms with Crippen molar-refractivity contribution in [3.05, 3.63) is 0 Å². The first-order valence-corrected chi connectivity index (χ1v) is 7.94. The molecule has 1 N–H and O–H groups in total. The van der Waals surface area contributed by atoms with Crippen LogP contribution in [0.1, 0.15) is 66.2 Å². The summed E-state index contributed by atoms with van der Waals surface area (Å²) in [5.74, 6) is 0.00114. The number of carbonyl (C=O) groups excluding carboxylic acids is 2. The summed E-state index contributed by atoms with van der Waals surface area (Å²) >= 11 is 0. The first kappa shape index (κ1) is 15.3. The van der Waals surface area contributed by atoms with Crippen molar-refractivity contribution < 1.29 is 9.59 Å². The van der Waals surface area contributed by atoms with Gasteiger partial charge in [0.15, 0.2) is 0 Å². The quantitative estimate of drug-likeness (QED) is 0.807. The smallest absolute Gasteiger partial charge is 0.238 e. The maximum atomic E-state index is 12.8. The zero-order valence-corrected chi connectivity index (χ0v) is 13.3. The van der Waals surface area contributed by atoms with Crippen molar-refractivity contribution in [1.29, 1.82) is 0 Å². The fraction of sp³-hybridized carbons (Fsp3) is 0.875. The summed E-state index contributed by atoms with van der Waals surface area (Å²) in [6, 6.07) is 0.330. The maximum Gasteiger partial charge on any atom is 0.238 e. The lowest BCUT2D eigenvalue weighted by molar-refractivity contribution is -0.147. The van der Waals surface area contributed by atoms with Gasteiger partial charge < -0.3 is 10.2 Å². The van der Waals surface area contributed by atoms with Crippen LogP contribution < -0.4 is 5.32 Å². The minimum atomic E-state index is -0.752. The molecule has 0 radical (unpaired) electrons. The van der Waals surface area contributed by atoms with E-state index in [-0.39, 0.29) is 17.4 Å². The lowest BCUT2D eigenvalue weighted by Gasteiger charge is -2.38. The predicted octanol–water partition coefficient (Wildman–Crippen LogP) is 2.47. The van der Waals surface area contributed by atoms with E-state index in [0.717, 1.165) is 25.8 Å². The minimum Gasteiger partial charge on any atom is -0.351 e. The van der Waals surface area contributed by atoms with Crippen molar-refractivity contribution in [2.24, 2.45) is 5.41 Å². The van der Waals surface area contributed by atoms with E-state index in [4.69, 9.17) is 0 Å². The Labute approximate surface area is 122 Å². The van der Waals surface area contributed by atoms with Crippen LogP contribution in [0.15, 0.2) is 0 Å². The van der Waals surface area contributed by atoms with Crippen LogP contribution in [0, 0.1) is 5.41 Å². The van der Waals surface area contributed by atoms with E-state index in [1.807, 2.05) is 25.7 Å². The SMILES string of the molecule is CCC1CCCCN1C(=O)C1(C(=O)NC(C)(C)C)CC1. The maximum absolute atomic E-state index is 12.8. The topological polar surface area (TPSA) is 49.4 Å². The van der Waals surface area contributed by atoms with E-state index in [1.165, 1.54) is 6.42 Å². The highest BCUT2D eigenvalue weighted by Crippen LogP contribution is 2.48. The third-order valence-corrected chi connectivity index (χ3v) is 4.44. The molecule has 2 rings (SSSR count).